The van der Waals surface area contributed by atoms with E-state index in [4.69, 9.17) is 4.98 Å². The molecule has 9 rings (SSSR count). The summed E-state index contributed by atoms with van der Waals surface area (Å²) in [5.41, 5.74) is 5.19. The van der Waals surface area contributed by atoms with Crippen LogP contribution < -0.4 is 15.9 Å². The largest absolute Gasteiger partial charge is 0.309 e. The first-order valence-corrected chi connectivity index (χ1v) is 18.0. The first kappa shape index (κ1) is 28.4. The van der Waals surface area contributed by atoms with Gasteiger partial charge in [-0.25, -0.2) is 4.98 Å². The molecular weight excluding hydrogens is 601 g/mol. The molecule has 48 heavy (non-hydrogen) atoms. The van der Waals surface area contributed by atoms with Crippen LogP contribution in [0, 0.1) is 0 Å². The molecule has 0 aliphatic carbocycles. The van der Waals surface area contributed by atoms with E-state index in [0.29, 0.717) is 0 Å². The summed E-state index contributed by atoms with van der Waals surface area (Å²) in [5, 5.41) is 10.8. The van der Waals surface area contributed by atoms with Crippen molar-refractivity contribution in [3.05, 3.63) is 182 Å². The van der Waals surface area contributed by atoms with Crippen molar-refractivity contribution in [2.45, 2.75) is 0 Å². The Morgan fingerprint density at radius 3 is 1.58 bits per heavy atom. The SMILES string of the molecule is O=P(c1ccccc1)(c1ccccc1)c1cccc(-c2ccc3c(c2)c2ccccc2c2c4ccccc4nc(-c4ccccc4)c32)c1. The first-order valence-electron chi connectivity index (χ1n) is 16.2. The van der Waals surface area contributed by atoms with Crippen molar-refractivity contribution >= 4 is 66.3 Å². The van der Waals surface area contributed by atoms with Crippen molar-refractivity contribution in [1.82, 2.24) is 4.98 Å². The van der Waals surface area contributed by atoms with Crippen LogP contribution in [0.15, 0.2) is 182 Å². The molecule has 0 unspecified atom stereocenters. The van der Waals surface area contributed by atoms with Gasteiger partial charge in [-0.15, -0.1) is 0 Å². The zero-order valence-corrected chi connectivity index (χ0v) is 27.0. The van der Waals surface area contributed by atoms with E-state index in [1.165, 1.54) is 26.9 Å². The summed E-state index contributed by atoms with van der Waals surface area (Å²) in [6.07, 6.45) is 0. The number of para-hydroxylation sites is 1. The molecule has 0 fully saturated rings. The van der Waals surface area contributed by atoms with Crippen molar-refractivity contribution in [2.75, 3.05) is 0 Å². The van der Waals surface area contributed by atoms with Crippen LogP contribution in [0.4, 0.5) is 0 Å². The molecule has 0 saturated carbocycles. The molecule has 8 aromatic carbocycles. The van der Waals surface area contributed by atoms with E-state index in [1.54, 1.807) is 0 Å². The molecule has 0 bridgehead atoms. The van der Waals surface area contributed by atoms with Gasteiger partial charge >= 0.3 is 0 Å². The molecule has 0 saturated heterocycles. The standard InChI is InChI=1S/C45H30NOP/c47-48(34-18-6-2-7-19-34,35-20-8-3-9-21-35)36-22-14-17-32(29-36)33-27-28-39-41(30-33)37-23-10-11-24-38(37)43-40-25-12-13-26-42(40)46-45(44(39)43)31-15-4-1-5-16-31/h1-30H. The Hall–Kier alpha value is -5.82. The predicted molar refractivity (Wildman–Crippen MR) is 205 cm³/mol. The van der Waals surface area contributed by atoms with Crippen molar-refractivity contribution in [1.29, 1.82) is 0 Å². The van der Waals surface area contributed by atoms with Gasteiger partial charge in [-0.3, -0.25) is 0 Å². The quantitative estimate of drug-likeness (QED) is 0.140. The summed E-state index contributed by atoms with van der Waals surface area (Å²) in [5.74, 6) is 0. The summed E-state index contributed by atoms with van der Waals surface area (Å²) >= 11 is 0. The Labute approximate surface area is 279 Å². The summed E-state index contributed by atoms with van der Waals surface area (Å²) in [6.45, 7) is 0. The van der Waals surface area contributed by atoms with E-state index in [1.807, 2.05) is 72.8 Å². The maximum atomic E-state index is 15.2. The van der Waals surface area contributed by atoms with Crippen molar-refractivity contribution in [2.24, 2.45) is 0 Å². The van der Waals surface area contributed by atoms with Gasteiger partial charge < -0.3 is 4.57 Å². The molecule has 0 amide bonds. The zero-order valence-electron chi connectivity index (χ0n) is 26.1. The van der Waals surface area contributed by atoms with Crippen LogP contribution >= 0.6 is 7.14 Å². The molecular formula is C45H30NOP. The Morgan fingerprint density at radius 2 is 0.875 bits per heavy atom. The van der Waals surface area contributed by atoms with Gasteiger partial charge in [0.05, 0.1) is 11.2 Å². The highest BCUT2D eigenvalue weighted by Crippen LogP contribution is 2.45. The fraction of sp³-hybridized carbons (Fsp3) is 0. The third-order valence-electron chi connectivity index (χ3n) is 9.50. The smallest absolute Gasteiger partial charge is 0.171 e. The van der Waals surface area contributed by atoms with E-state index in [2.05, 4.69) is 109 Å². The average molecular weight is 632 g/mol. The Bertz CT molecular complexity index is 2640. The van der Waals surface area contributed by atoms with Gasteiger partial charge in [0.1, 0.15) is 0 Å². The first-order chi connectivity index (χ1) is 23.7. The van der Waals surface area contributed by atoms with Crippen LogP contribution in [0.25, 0.3) is 65.6 Å². The van der Waals surface area contributed by atoms with Crippen LogP contribution in [0.5, 0.6) is 0 Å². The van der Waals surface area contributed by atoms with Crippen molar-refractivity contribution in [3.8, 4) is 22.4 Å². The molecule has 2 nitrogen and oxygen atoms in total. The van der Waals surface area contributed by atoms with Crippen molar-refractivity contribution in [3.63, 3.8) is 0 Å². The number of benzene rings is 8. The topological polar surface area (TPSA) is 30.0 Å². The summed E-state index contributed by atoms with van der Waals surface area (Å²) in [6, 6.07) is 62.5. The molecule has 0 spiro atoms. The molecule has 0 aliphatic heterocycles. The second kappa shape index (κ2) is 11.5. The number of pyridine rings is 1. The number of nitrogens with zero attached hydrogens (tertiary/aromatic N) is 1. The summed E-state index contributed by atoms with van der Waals surface area (Å²) in [7, 11) is -3.12. The van der Waals surface area contributed by atoms with Gasteiger partial charge in [0.15, 0.2) is 7.14 Å². The van der Waals surface area contributed by atoms with E-state index >= 15 is 4.57 Å². The average Bonchev–Trinajstić information content (AvgIpc) is 3.18. The van der Waals surface area contributed by atoms with Crippen LogP contribution in [-0.2, 0) is 4.57 Å². The molecule has 1 aromatic heterocycles. The summed E-state index contributed by atoms with van der Waals surface area (Å²) in [4.78, 5) is 5.28. The molecule has 0 atom stereocenters. The van der Waals surface area contributed by atoms with Gasteiger partial charge in [0.2, 0.25) is 0 Å². The van der Waals surface area contributed by atoms with Crippen molar-refractivity contribution < 1.29 is 4.57 Å². The number of hydrogen-bond donors (Lipinski definition) is 0. The van der Waals surface area contributed by atoms with Gasteiger partial charge in [-0.1, -0.05) is 164 Å². The number of hydrogen-bond acceptors (Lipinski definition) is 2. The van der Waals surface area contributed by atoms with Crippen LogP contribution in [-0.4, -0.2) is 4.98 Å². The lowest BCUT2D eigenvalue weighted by Gasteiger charge is -2.21. The van der Waals surface area contributed by atoms with E-state index in [0.717, 1.165) is 54.6 Å². The van der Waals surface area contributed by atoms with Gasteiger partial charge in [-0.2, -0.15) is 0 Å². The zero-order chi connectivity index (χ0) is 32.1. The normalized spacial score (nSPS) is 11.8. The Balaban J connectivity index is 1.32. The molecule has 3 heteroatoms. The Morgan fingerprint density at radius 1 is 0.354 bits per heavy atom. The lowest BCUT2D eigenvalue weighted by Crippen LogP contribution is -2.25. The second-order valence-electron chi connectivity index (χ2n) is 12.2. The van der Waals surface area contributed by atoms with E-state index in [-0.39, 0.29) is 0 Å². The van der Waals surface area contributed by atoms with Gasteiger partial charge in [0, 0.05) is 37.6 Å². The third kappa shape index (κ3) is 4.49. The summed E-state index contributed by atoms with van der Waals surface area (Å²) < 4.78 is 15.2. The fourth-order valence-corrected chi connectivity index (χ4v) is 9.96. The van der Waals surface area contributed by atoms with Crippen LogP contribution in [0.1, 0.15) is 0 Å². The molecule has 0 radical (unpaired) electrons. The lowest BCUT2D eigenvalue weighted by atomic mass is 9.88. The lowest BCUT2D eigenvalue weighted by molar-refractivity contribution is 0.592. The third-order valence-corrected chi connectivity index (χ3v) is 12.6. The minimum atomic E-state index is -3.12. The highest BCUT2D eigenvalue weighted by Gasteiger charge is 2.30. The van der Waals surface area contributed by atoms with Gasteiger partial charge in [0.25, 0.3) is 0 Å². The van der Waals surface area contributed by atoms with E-state index < -0.39 is 7.14 Å². The highest BCUT2D eigenvalue weighted by atomic mass is 31.2. The monoisotopic (exact) mass is 631 g/mol. The maximum Gasteiger partial charge on any atom is 0.171 e. The molecule has 9 aromatic rings. The predicted octanol–water partition coefficient (Wildman–Crippen LogP) is 10.7. The number of aromatic nitrogens is 1. The minimum absolute atomic E-state index is 0.822. The van der Waals surface area contributed by atoms with Gasteiger partial charge in [-0.05, 0) is 50.9 Å². The van der Waals surface area contributed by atoms with Crippen LogP contribution in [0.2, 0.25) is 0 Å². The molecule has 0 N–H and O–H groups in total. The fourth-order valence-electron chi connectivity index (χ4n) is 7.26. The van der Waals surface area contributed by atoms with E-state index in [9.17, 15) is 0 Å². The maximum absolute atomic E-state index is 15.2. The second-order valence-corrected chi connectivity index (χ2v) is 15.0. The molecule has 1 heterocycles. The van der Waals surface area contributed by atoms with Crippen LogP contribution in [0.3, 0.4) is 0 Å². The highest BCUT2D eigenvalue weighted by molar-refractivity contribution is 7.85. The number of rotatable bonds is 5. The molecule has 0 aliphatic rings. The Kier molecular flexibility index (Phi) is 6.78. The number of fused-ring (bicyclic) bond motifs is 8. The molecule has 226 valence electrons. The minimum Gasteiger partial charge on any atom is -0.309 e.